The lowest BCUT2D eigenvalue weighted by Gasteiger charge is -2.16. The van der Waals surface area contributed by atoms with Crippen LogP contribution in [0.3, 0.4) is 0 Å². The topological polar surface area (TPSA) is 109 Å². The largest absolute Gasteiger partial charge is 0.478 e. The zero-order valence-corrected chi connectivity index (χ0v) is 12.6. The number of nitrogens with zero attached hydrogens (tertiary/aromatic N) is 1. The molecule has 0 saturated heterocycles. The van der Waals surface area contributed by atoms with E-state index in [0.29, 0.717) is 5.56 Å². The summed E-state index contributed by atoms with van der Waals surface area (Å²) in [5.41, 5.74) is 0.657. The van der Waals surface area contributed by atoms with Crippen LogP contribution in [0.2, 0.25) is 0 Å². The van der Waals surface area contributed by atoms with Gasteiger partial charge in [-0.15, -0.1) is 0 Å². The van der Waals surface area contributed by atoms with Crippen LogP contribution in [-0.4, -0.2) is 50.6 Å². The first-order valence-electron chi connectivity index (χ1n) is 5.45. The highest BCUT2D eigenvalue weighted by atomic mass is 32.3. The van der Waals surface area contributed by atoms with Gasteiger partial charge in [0.15, 0.2) is 14.9 Å². The van der Waals surface area contributed by atoms with Crippen LogP contribution in [0, 0.1) is 0 Å². The molecule has 0 atom stereocenters. The quantitative estimate of drug-likeness (QED) is 0.799. The van der Waals surface area contributed by atoms with Gasteiger partial charge in [0.2, 0.25) is 10.0 Å². The lowest BCUT2D eigenvalue weighted by atomic mass is 10.1. The Morgan fingerprint density at radius 1 is 1.15 bits per heavy atom. The third-order valence-electron chi connectivity index (χ3n) is 2.44. The lowest BCUT2D eigenvalue weighted by Crippen LogP contribution is -2.31. The molecule has 0 saturated carbocycles. The standard InChI is InChI=1S/C11H15NO6S2/c1-12(20(17,18)8-19(2,15)16)7-9-3-5-10(6-4-9)11(13)14/h3-6H,7-8H2,1-2H3,(H,13,14). The number of benzene rings is 1. The average molecular weight is 321 g/mol. The Kier molecular flexibility index (Phi) is 4.90. The maximum atomic E-state index is 11.8. The van der Waals surface area contributed by atoms with Crippen molar-refractivity contribution in [1.29, 1.82) is 0 Å². The van der Waals surface area contributed by atoms with Gasteiger partial charge in [0, 0.05) is 19.8 Å². The first-order valence-corrected chi connectivity index (χ1v) is 9.12. The first-order chi connectivity index (χ1) is 9.01. The van der Waals surface area contributed by atoms with Crippen LogP contribution >= 0.6 is 0 Å². The van der Waals surface area contributed by atoms with Gasteiger partial charge >= 0.3 is 5.97 Å². The number of carbonyl (C=O) groups is 1. The van der Waals surface area contributed by atoms with Gasteiger partial charge in [0.25, 0.3) is 0 Å². The number of carboxylic acids is 1. The Bertz CT molecular complexity index is 691. The number of aromatic carboxylic acids is 1. The maximum absolute atomic E-state index is 11.8. The summed E-state index contributed by atoms with van der Waals surface area (Å²) in [4.78, 5) is 10.7. The van der Waals surface area contributed by atoms with Crippen LogP contribution in [-0.2, 0) is 26.4 Å². The molecule has 0 bridgehead atoms. The second-order valence-electron chi connectivity index (χ2n) is 4.41. The molecule has 0 amide bonds. The monoisotopic (exact) mass is 321 g/mol. The van der Waals surface area contributed by atoms with Crippen molar-refractivity contribution < 1.29 is 26.7 Å². The molecule has 9 heteroatoms. The van der Waals surface area contributed by atoms with Gasteiger partial charge in [-0.25, -0.2) is 21.6 Å². The molecule has 0 aliphatic rings. The van der Waals surface area contributed by atoms with Crippen LogP contribution < -0.4 is 0 Å². The summed E-state index contributed by atoms with van der Waals surface area (Å²) in [6.07, 6.45) is 0.847. The highest BCUT2D eigenvalue weighted by Gasteiger charge is 2.23. The van der Waals surface area contributed by atoms with E-state index < -0.39 is 30.9 Å². The van der Waals surface area contributed by atoms with Crippen molar-refractivity contribution >= 4 is 25.8 Å². The first kappa shape index (κ1) is 16.6. The predicted molar refractivity (Wildman–Crippen MR) is 73.5 cm³/mol. The zero-order chi connectivity index (χ0) is 15.6. The van der Waals surface area contributed by atoms with Crippen LogP contribution in [0.1, 0.15) is 15.9 Å². The van der Waals surface area contributed by atoms with Crippen molar-refractivity contribution in [1.82, 2.24) is 4.31 Å². The number of sulfone groups is 1. The third kappa shape index (κ3) is 4.91. The Labute approximate surface area is 117 Å². The van der Waals surface area contributed by atoms with Gasteiger partial charge in [-0.05, 0) is 17.7 Å². The van der Waals surface area contributed by atoms with Crippen molar-refractivity contribution in [2.24, 2.45) is 0 Å². The molecule has 0 aromatic heterocycles. The molecule has 1 rings (SSSR count). The fourth-order valence-electron chi connectivity index (χ4n) is 1.47. The average Bonchev–Trinajstić information content (AvgIpc) is 2.26. The number of rotatable bonds is 6. The normalized spacial score (nSPS) is 12.6. The maximum Gasteiger partial charge on any atom is 0.335 e. The molecule has 112 valence electrons. The molecule has 7 nitrogen and oxygen atoms in total. The van der Waals surface area contributed by atoms with Crippen LogP contribution in [0.25, 0.3) is 0 Å². The number of hydrogen-bond donors (Lipinski definition) is 1. The molecule has 1 aromatic carbocycles. The minimum atomic E-state index is -3.91. The minimum Gasteiger partial charge on any atom is -0.478 e. The van der Waals surface area contributed by atoms with Crippen molar-refractivity contribution in [3.05, 3.63) is 35.4 Å². The highest BCUT2D eigenvalue weighted by Crippen LogP contribution is 2.10. The van der Waals surface area contributed by atoms with Gasteiger partial charge in [0.1, 0.15) is 0 Å². The molecular weight excluding hydrogens is 306 g/mol. The molecule has 0 spiro atoms. The van der Waals surface area contributed by atoms with Crippen molar-refractivity contribution in [3.8, 4) is 0 Å². The smallest absolute Gasteiger partial charge is 0.335 e. The predicted octanol–water partition coefficient (Wildman–Crippen LogP) is 0.149. The van der Waals surface area contributed by atoms with E-state index in [1.807, 2.05) is 0 Å². The minimum absolute atomic E-state index is 0.0300. The van der Waals surface area contributed by atoms with Gasteiger partial charge in [-0.2, -0.15) is 4.31 Å². The summed E-state index contributed by atoms with van der Waals surface area (Å²) in [5, 5.41) is 7.79. The summed E-state index contributed by atoms with van der Waals surface area (Å²) in [6.45, 7) is -0.0300. The van der Waals surface area contributed by atoms with Gasteiger partial charge in [-0.1, -0.05) is 12.1 Å². The summed E-state index contributed by atoms with van der Waals surface area (Å²) >= 11 is 0. The molecule has 0 heterocycles. The summed E-state index contributed by atoms with van der Waals surface area (Å²) < 4.78 is 46.6. The molecule has 0 radical (unpaired) electrons. The van der Waals surface area contributed by atoms with E-state index in [1.54, 1.807) is 0 Å². The van der Waals surface area contributed by atoms with Crippen molar-refractivity contribution in [3.63, 3.8) is 0 Å². The second-order valence-corrected chi connectivity index (χ2v) is 9.00. The molecule has 1 N–H and O–H groups in total. The second kappa shape index (κ2) is 5.90. The van der Waals surface area contributed by atoms with E-state index in [0.717, 1.165) is 10.6 Å². The van der Waals surface area contributed by atoms with E-state index >= 15 is 0 Å². The highest BCUT2D eigenvalue weighted by molar-refractivity contribution is 8.06. The van der Waals surface area contributed by atoms with Gasteiger partial charge in [0.05, 0.1) is 5.56 Å². The SMILES string of the molecule is CN(Cc1ccc(C(=O)O)cc1)S(=O)(=O)CS(C)(=O)=O. The molecule has 0 aliphatic heterocycles. The molecule has 0 fully saturated rings. The number of carboxylic acid groups (broad SMARTS) is 1. The van der Waals surface area contributed by atoms with Crippen LogP contribution in [0.5, 0.6) is 0 Å². The molecule has 1 aromatic rings. The van der Waals surface area contributed by atoms with Crippen molar-refractivity contribution in [2.45, 2.75) is 6.54 Å². The van der Waals surface area contributed by atoms with E-state index in [-0.39, 0.29) is 12.1 Å². The fourth-order valence-corrected chi connectivity index (χ4v) is 4.70. The summed E-state index contributed by atoms with van der Waals surface area (Å²) in [5.74, 6) is -1.07. The molecule has 20 heavy (non-hydrogen) atoms. The third-order valence-corrected chi connectivity index (χ3v) is 6.43. The van der Waals surface area contributed by atoms with Gasteiger partial charge < -0.3 is 5.11 Å². The summed E-state index contributed by atoms with van der Waals surface area (Å²) in [7, 11) is -6.29. The zero-order valence-electron chi connectivity index (χ0n) is 11.0. The Morgan fingerprint density at radius 3 is 2.05 bits per heavy atom. The van der Waals surface area contributed by atoms with Crippen LogP contribution in [0.4, 0.5) is 0 Å². The molecule has 0 unspecified atom stereocenters. The number of sulfonamides is 1. The van der Waals surface area contributed by atoms with E-state index in [2.05, 4.69) is 0 Å². The Morgan fingerprint density at radius 2 is 1.65 bits per heavy atom. The molecular formula is C11H15NO6S2. The van der Waals surface area contributed by atoms with E-state index in [4.69, 9.17) is 5.11 Å². The fraction of sp³-hybridized carbons (Fsp3) is 0.364. The molecule has 0 aliphatic carbocycles. The van der Waals surface area contributed by atoms with E-state index in [9.17, 15) is 21.6 Å². The van der Waals surface area contributed by atoms with Crippen LogP contribution in [0.15, 0.2) is 24.3 Å². The lowest BCUT2D eigenvalue weighted by molar-refractivity contribution is 0.0697. The van der Waals surface area contributed by atoms with Crippen molar-refractivity contribution in [2.75, 3.05) is 18.4 Å². The Hall–Kier alpha value is -1.45. The summed E-state index contributed by atoms with van der Waals surface area (Å²) in [6, 6.07) is 5.68. The van der Waals surface area contributed by atoms with E-state index in [1.165, 1.54) is 31.3 Å². The Balaban J connectivity index is 2.85. The van der Waals surface area contributed by atoms with Gasteiger partial charge in [-0.3, -0.25) is 0 Å². The number of hydrogen-bond acceptors (Lipinski definition) is 5.